The molecule has 0 unspecified atom stereocenters. The Morgan fingerprint density at radius 1 is 1.24 bits per heavy atom. The van der Waals surface area contributed by atoms with E-state index in [0.717, 1.165) is 6.54 Å². The van der Waals surface area contributed by atoms with Crippen molar-refractivity contribution in [2.75, 3.05) is 32.7 Å². The minimum atomic E-state index is 0.260. The van der Waals surface area contributed by atoms with E-state index in [-0.39, 0.29) is 5.54 Å². The van der Waals surface area contributed by atoms with Gasteiger partial charge in [0.15, 0.2) is 0 Å². The molecule has 1 saturated heterocycles. The third kappa shape index (κ3) is 3.43. The van der Waals surface area contributed by atoms with Crippen molar-refractivity contribution in [3.05, 3.63) is 0 Å². The SMILES string of the molecule is CCCN(C(C)C)C1(CN)CCN(CC)CC1. The quantitative estimate of drug-likeness (QED) is 0.771. The van der Waals surface area contributed by atoms with Crippen LogP contribution in [0.5, 0.6) is 0 Å². The molecular weight excluding hydrogens is 210 g/mol. The van der Waals surface area contributed by atoms with Crippen molar-refractivity contribution in [1.29, 1.82) is 0 Å². The lowest BCUT2D eigenvalue weighted by Gasteiger charge is -2.50. The average molecular weight is 241 g/mol. The summed E-state index contributed by atoms with van der Waals surface area (Å²) in [6.07, 6.45) is 3.68. The van der Waals surface area contributed by atoms with Crippen LogP contribution in [0.3, 0.4) is 0 Å². The highest BCUT2D eigenvalue weighted by molar-refractivity contribution is 4.97. The standard InChI is InChI=1S/C14H31N3/c1-5-9-17(13(3)4)14(12-15)7-10-16(6-2)11-8-14/h13H,5-12,15H2,1-4H3. The molecule has 2 N–H and O–H groups in total. The van der Waals surface area contributed by atoms with Gasteiger partial charge in [0.1, 0.15) is 0 Å². The maximum atomic E-state index is 6.13. The first kappa shape index (κ1) is 14.9. The molecule has 0 bridgehead atoms. The normalized spacial score (nSPS) is 21.4. The van der Waals surface area contributed by atoms with Gasteiger partial charge in [0, 0.05) is 18.1 Å². The van der Waals surface area contributed by atoms with E-state index < -0.39 is 0 Å². The zero-order valence-electron chi connectivity index (χ0n) is 12.2. The third-order valence-corrected chi connectivity index (χ3v) is 4.31. The summed E-state index contributed by atoms with van der Waals surface area (Å²) in [6.45, 7) is 14.7. The van der Waals surface area contributed by atoms with Gasteiger partial charge >= 0.3 is 0 Å². The van der Waals surface area contributed by atoms with Gasteiger partial charge in [-0.15, -0.1) is 0 Å². The zero-order valence-corrected chi connectivity index (χ0v) is 12.2. The predicted molar refractivity (Wildman–Crippen MR) is 75.3 cm³/mol. The van der Waals surface area contributed by atoms with Gasteiger partial charge < -0.3 is 10.6 Å². The van der Waals surface area contributed by atoms with Gasteiger partial charge in [-0.25, -0.2) is 0 Å². The molecule has 0 aliphatic carbocycles. The van der Waals surface area contributed by atoms with Crippen molar-refractivity contribution in [3.8, 4) is 0 Å². The van der Waals surface area contributed by atoms with Gasteiger partial charge in [-0.1, -0.05) is 13.8 Å². The van der Waals surface area contributed by atoms with Crippen molar-refractivity contribution in [3.63, 3.8) is 0 Å². The predicted octanol–water partition coefficient (Wildman–Crippen LogP) is 1.92. The van der Waals surface area contributed by atoms with Crippen LogP contribution < -0.4 is 5.73 Å². The van der Waals surface area contributed by atoms with Crippen molar-refractivity contribution in [1.82, 2.24) is 9.80 Å². The van der Waals surface area contributed by atoms with E-state index in [4.69, 9.17) is 5.73 Å². The largest absolute Gasteiger partial charge is 0.329 e. The first-order chi connectivity index (χ1) is 8.09. The van der Waals surface area contributed by atoms with E-state index in [9.17, 15) is 0 Å². The molecule has 0 aromatic rings. The van der Waals surface area contributed by atoms with Crippen molar-refractivity contribution in [2.45, 2.75) is 58.5 Å². The van der Waals surface area contributed by atoms with Crippen LogP contribution in [-0.2, 0) is 0 Å². The molecular formula is C14H31N3. The number of piperidine rings is 1. The number of hydrogen-bond donors (Lipinski definition) is 1. The van der Waals surface area contributed by atoms with Crippen LogP contribution >= 0.6 is 0 Å². The summed E-state index contributed by atoms with van der Waals surface area (Å²) in [4.78, 5) is 5.19. The summed E-state index contributed by atoms with van der Waals surface area (Å²) in [6, 6.07) is 0.603. The number of nitrogens with two attached hydrogens (primary N) is 1. The molecule has 1 fully saturated rings. The second-order valence-electron chi connectivity index (χ2n) is 5.65. The van der Waals surface area contributed by atoms with Gasteiger partial charge in [-0.3, -0.25) is 4.90 Å². The van der Waals surface area contributed by atoms with Crippen LogP contribution in [0.25, 0.3) is 0 Å². The first-order valence-electron chi connectivity index (χ1n) is 7.28. The molecule has 0 spiro atoms. The topological polar surface area (TPSA) is 32.5 Å². The molecule has 1 aliphatic heterocycles. The number of likely N-dealkylation sites (tertiary alicyclic amines) is 1. The van der Waals surface area contributed by atoms with Crippen LogP contribution in [0.4, 0.5) is 0 Å². The maximum absolute atomic E-state index is 6.13. The van der Waals surface area contributed by atoms with Crippen molar-refractivity contribution < 1.29 is 0 Å². The fourth-order valence-electron chi connectivity index (χ4n) is 3.18. The fourth-order valence-corrected chi connectivity index (χ4v) is 3.18. The lowest BCUT2D eigenvalue weighted by atomic mass is 9.84. The molecule has 102 valence electrons. The second-order valence-corrected chi connectivity index (χ2v) is 5.65. The number of nitrogens with zero attached hydrogens (tertiary/aromatic N) is 2. The molecule has 3 heteroatoms. The van der Waals surface area contributed by atoms with Gasteiger partial charge in [-0.05, 0) is 59.3 Å². The Balaban J connectivity index is 2.73. The molecule has 0 aromatic carbocycles. The van der Waals surface area contributed by atoms with Crippen LogP contribution in [0.2, 0.25) is 0 Å². The highest BCUT2D eigenvalue weighted by Crippen LogP contribution is 2.30. The summed E-state index contributed by atoms with van der Waals surface area (Å²) >= 11 is 0. The van der Waals surface area contributed by atoms with E-state index in [1.165, 1.54) is 45.4 Å². The van der Waals surface area contributed by atoms with E-state index >= 15 is 0 Å². The average Bonchev–Trinajstić information content (AvgIpc) is 2.35. The molecule has 1 heterocycles. The smallest absolute Gasteiger partial charge is 0.0358 e. The van der Waals surface area contributed by atoms with E-state index in [1.54, 1.807) is 0 Å². The monoisotopic (exact) mass is 241 g/mol. The highest BCUT2D eigenvalue weighted by Gasteiger charge is 2.39. The first-order valence-corrected chi connectivity index (χ1v) is 7.28. The summed E-state index contributed by atoms with van der Waals surface area (Å²) in [5.41, 5.74) is 6.39. The van der Waals surface area contributed by atoms with Crippen molar-refractivity contribution in [2.24, 2.45) is 5.73 Å². The molecule has 1 aliphatic rings. The fraction of sp³-hybridized carbons (Fsp3) is 1.00. The third-order valence-electron chi connectivity index (χ3n) is 4.31. The number of rotatable bonds is 6. The molecule has 0 aromatic heterocycles. The minimum absolute atomic E-state index is 0.260. The Kier molecular flexibility index (Phi) is 5.90. The summed E-state index contributed by atoms with van der Waals surface area (Å²) in [5, 5.41) is 0. The second kappa shape index (κ2) is 6.72. The summed E-state index contributed by atoms with van der Waals surface area (Å²) < 4.78 is 0. The molecule has 17 heavy (non-hydrogen) atoms. The molecule has 0 saturated carbocycles. The number of hydrogen-bond acceptors (Lipinski definition) is 3. The molecule has 0 amide bonds. The molecule has 3 nitrogen and oxygen atoms in total. The van der Waals surface area contributed by atoms with Gasteiger partial charge in [-0.2, -0.15) is 0 Å². The van der Waals surface area contributed by atoms with Crippen molar-refractivity contribution >= 4 is 0 Å². The molecule has 1 rings (SSSR count). The lowest BCUT2D eigenvalue weighted by Crippen LogP contribution is -2.61. The maximum Gasteiger partial charge on any atom is 0.0358 e. The summed E-state index contributed by atoms with van der Waals surface area (Å²) in [7, 11) is 0. The van der Waals surface area contributed by atoms with Crippen LogP contribution in [0, 0.1) is 0 Å². The Morgan fingerprint density at radius 3 is 2.18 bits per heavy atom. The van der Waals surface area contributed by atoms with Crippen LogP contribution in [0.1, 0.15) is 47.0 Å². The van der Waals surface area contributed by atoms with Gasteiger partial charge in [0.2, 0.25) is 0 Å². The van der Waals surface area contributed by atoms with Crippen LogP contribution in [0.15, 0.2) is 0 Å². The highest BCUT2D eigenvalue weighted by atomic mass is 15.3. The minimum Gasteiger partial charge on any atom is -0.329 e. The van der Waals surface area contributed by atoms with E-state index in [1.807, 2.05) is 0 Å². The Morgan fingerprint density at radius 2 is 1.82 bits per heavy atom. The van der Waals surface area contributed by atoms with E-state index in [2.05, 4.69) is 37.5 Å². The lowest BCUT2D eigenvalue weighted by molar-refractivity contribution is 0.00690. The van der Waals surface area contributed by atoms with Gasteiger partial charge in [0.25, 0.3) is 0 Å². The van der Waals surface area contributed by atoms with Gasteiger partial charge in [0.05, 0.1) is 0 Å². The van der Waals surface area contributed by atoms with Crippen LogP contribution in [-0.4, -0.2) is 54.1 Å². The molecule has 0 atom stereocenters. The Bertz CT molecular complexity index is 208. The Hall–Kier alpha value is -0.120. The van der Waals surface area contributed by atoms with E-state index in [0.29, 0.717) is 6.04 Å². The summed E-state index contributed by atoms with van der Waals surface area (Å²) in [5.74, 6) is 0. The zero-order chi connectivity index (χ0) is 12.9. The molecule has 0 radical (unpaired) electrons. The Labute approximate surface area is 107 Å².